The normalized spacial score (nSPS) is 19.5. The van der Waals surface area contributed by atoms with Crippen LogP contribution in [0.2, 0.25) is 10.2 Å². The number of pyridine rings is 1. The van der Waals surface area contributed by atoms with Gasteiger partial charge in [0.15, 0.2) is 15.0 Å². The molecule has 0 radical (unpaired) electrons. The topological polar surface area (TPSA) is 80.7 Å². The van der Waals surface area contributed by atoms with E-state index in [1.807, 2.05) is 11.8 Å². The molecule has 6 nitrogen and oxygen atoms in total. The Morgan fingerprint density at radius 3 is 2.55 bits per heavy atom. The lowest BCUT2D eigenvalue weighted by Gasteiger charge is -2.32. The van der Waals surface area contributed by atoms with Crippen LogP contribution < -0.4 is 10.6 Å². The van der Waals surface area contributed by atoms with E-state index < -0.39 is 9.84 Å². The van der Waals surface area contributed by atoms with Gasteiger partial charge >= 0.3 is 0 Å². The minimum Gasteiger partial charge on any atom is -0.355 e. The van der Waals surface area contributed by atoms with Gasteiger partial charge in [0.2, 0.25) is 0 Å². The first-order valence-electron chi connectivity index (χ1n) is 6.86. The second-order valence-electron chi connectivity index (χ2n) is 5.45. The molecule has 1 aliphatic heterocycles. The molecule has 0 aliphatic carbocycles. The van der Waals surface area contributed by atoms with Crippen molar-refractivity contribution in [3.05, 3.63) is 28.1 Å². The highest BCUT2D eigenvalue weighted by atomic mass is 35.5. The van der Waals surface area contributed by atoms with E-state index in [0.717, 1.165) is 11.4 Å². The molecule has 1 unspecified atom stereocenters. The van der Waals surface area contributed by atoms with E-state index in [1.165, 1.54) is 0 Å². The van der Waals surface area contributed by atoms with E-state index in [2.05, 4.69) is 4.98 Å². The lowest BCUT2D eigenvalue weighted by atomic mass is 10.1. The molecule has 3 rings (SSSR count). The molecule has 1 saturated heterocycles. The van der Waals surface area contributed by atoms with Gasteiger partial charge in [-0.25, -0.2) is 13.4 Å². The zero-order valence-electron chi connectivity index (χ0n) is 12.0. The molecule has 3 heterocycles. The molecule has 2 N–H and O–H groups in total. The summed E-state index contributed by atoms with van der Waals surface area (Å²) in [7, 11) is -2.96. The summed E-state index contributed by atoms with van der Waals surface area (Å²) in [6.45, 7) is 2.68. The van der Waals surface area contributed by atoms with Crippen LogP contribution in [0.15, 0.2) is 12.4 Å². The van der Waals surface area contributed by atoms with Crippen LogP contribution in [0.5, 0.6) is 0 Å². The highest BCUT2D eigenvalue weighted by Gasteiger charge is 2.27. The number of nitrogens with zero attached hydrogens (tertiary/aromatic N) is 3. The van der Waals surface area contributed by atoms with Crippen LogP contribution in [-0.2, 0) is 9.84 Å². The molecular formula is C13H16Cl2N4O2S. The van der Waals surface area contributed by atoms with Crippen molar-refractivity contribution in [2.45, 2.75) is 13.0 Å². The van der Waals surface area contributed by atoms with Crippen molar-refractivity contribution in [1.29, 1.82) is 0 Å². The molecule has 9 heteroatoms. The fraction of sp³-hybridized carbons (Fsp3) is 0.462. The van der Waals surface area contributed by atoms with Gasteiger partial charge in [-0.05, 0) is 13.0 Å². The van der Waals surface area contributed by atoms with Crippen molar-refractivity contribution >= 4 is 44.4 Å². The second kappa shape index (κ2) is 5.56. The van der Waals surface area contributed by atoms with Crippen molar-refractivity contribution in [3.63, 3.8) is 0 Å². The van der Waals surface area contributed by atoms with Crippen molar-refractivity contribution in [1.82, 2.24) is 9.38 Å². The predicted molar refractivity (Wildman–Crippen MR) is 88.7 cm³/mol. The van der Waals surface area contributed by atoms with Gasteiger partial charge in [-0.2, -0.15) is 0 Å². The molecule has 1 aliphatic rings. The van der Waals surface area contributed by atoms with Crippen LogP contribution in [0.25, 0.3) is 5.52 Å². The summed E-state index contributed by atoms with van der Waals surface area (Å²) < 4.78 is 25.1. The summed E-state index contributed by atoms with van der Waals surface area (Å²) in [5.41, 5.74) is 7.52. The number of halogens is 2. The summed E-state index contributed by atoms with van der Waals surface area (Å²) >= 11 is 12.4. The van der Waals surface area contributed by atoms with Crippen molar-refractivity contribution in [2.24, 2.45) is 5.73 Å². The van der Waals surface area contributed by atoms with Crippen LogP contribution in [0.3, 0.4) is 0 Å². The number of hydrogen-bond donors (Lipinski definition) is 1. The minimum atomic E-state index is -2.96. The standard InChI is InChI=1S/C13H16Cl2N4O2S/c1-8(16)9-6-10(14)11-12(15)17-7-19(11)13(9)18-2-4-22(20,21)5-3-18/h6-8H,2-5,16H2,1H3. The summed E-state index contributed by atoms with van der Waals surface area (Å²) in [6.07, 6.45) is 1.59. The molecule has 2 aromatic heterocycles. The third kappa shape index (κ3) is 2.67. The lowest BCUT2D eigenvalue weighted by Crippen LogP contribution is -2.41. The predicted octanol–water partition coefficient (Wildman–Crippen LogP) is 1.90. The Morgan fingerprint density at radius 2 is 1.95 bits per heavy atom. The average molecular weight is 363 g/mol. The van der Waals surface area contributed by atoms with E-state index in [4.69, 9.17) is 28.9 Å². The lowest BCUT2D eigenvalue weighted by molar-refractivity contribution is 0.585. The first-order valence-corrected chi connectivity index (χ1v) is 9.44. The fourth-order valence-electron chi connectivity index (χ4n) is 2.70. The molecule has 22 heavy (non-hydrogen) atoms. The Hall–Kier alpha value is -1.02. The van der Waals surface area contributed by atoms with Gasteiger partial charge in [-0.15, -0.1) is 0 Å². The molecule has 0 amide bonds. The summed E-state index contributed by atoms with van der Waals surface area (Å²) in [4.78, 5) is 6.10. The van der Waals surface area contributed by atoms with Crippen LogP contribution in [0.4, 0.5) is 5.82 Å². The van der Waals surface area contributed by atoms with Gasteiger partial charge < -0.3 is 10.6 Å². The Balaban J connectivity index is 2.18. The van der Waals surface area contributed by atoms with E-state index in [0.29, 0.717) is 28.8 Å². The zero-order valence-corrected chi connectivity index (χ0v) is 14.3. The van der Waals surface area contributed by atoms with Gasteiger partial charge in [0.05, 0.1) is 16.5 Å². The van der Waals surface area contributed by atoms with Gasteiger partial charge in [0, 0.05) is 24.7 Å². The maximum atomic E-state index is 11.7. The Labute approximate surface area is 138 Å². The SMILES string of the molecule is CC(N)c1cc(Cl)c2c(Cl)ncn2c1N1CCS(=O)(=O)CC1. The molecule has 1 fully saturated rings. The number of fused-ring (bicyclic) bond motifs is 1. The van der Waals surface area contributed by atoms with Crippen LogP contribution >= 0.6 is 23.2 Å². The monoisotopic (exact) mass is 362 g/mol. The first kappa shape index (κ1) is 15.9. The zero-order chi connectivity index (χ0) is 16.1. The average Bonchev–Trinajstić information content (AvgIpc) is 2.82. The fourth-order valence-corrected chi connectivity index (χ4v) is 4.49. The Kier molecular flexibility index (Phi) is 4.01. The number of aromatic nitrogens is 2. The van der Waals surface area contributed by atoms with Gasteiger partial charge in [0.1, 0.15) is 17.7 Å². The second-order valence-corrected chi connectivity index (χ2v) is 8.52. The molecule has 1 atom stereocenters. The number of imidazole rings is 1. The van der Waals surface area contributed by atoms with E-state index in [9.17, 15) is 8.42 Å². The maximum absolute atomic E-state index is 11.7. The third-order valence-electron chi connectivity index (χ3n) is 3.85. The molecular weight excluding hydrogens is 347 g/mol. The summed E-state index contributed by atoms with van der Waals surface area (Å²) in [5.74, 6) is 1.05. The molecule has 2 aromatic rings. The smallest absolute Gasteiger partial charge is 0.156 e. The third-order valence-corrected chi connectivity index (χ3v) is 6.03. The number of rotatable bonds is 2. The molecule has 0 aromatic carbocycles. The quantitative estimate of drug-likeness (QED) is 0.882. The van der Waals surface area contributed by atoms with Gasteiger partial charge in [-0.1, -0.05) is 23.2 Å². The highest BCUT2D eigenvalue weighted by molar-refractivity contribution is 7.91. The number of sulfone groups is 1. The molecule has 0 bridgehead atoms. The number of nitrogens with two attached hydrogens (primary N) is 1. The maximum Gasteiger partial charge on any atom is 0.156 e. The van der Waals surface area contributed by atoms with Crippen LogP contribution in [0.1, 0.15) is 18.5 Å². The minimum absolute atomic E-state index is 0.123. The highest BCUT2D eigenvalue weighted by Crippen LogP contribution is 2.35. The van der Waals surface area contributed by atoms with Gasteiger partial charge in [0.25, 0.3) is 0 Å². The molecule has 0 saturated carbocycles. The van der Waals surface area contributed by atoms with E-state index >= 15 is 0 Å². The Bertz CT molecular complexity index is 818. The largest absolute Gasteiger partial charge is 0.355 e. The van der Waals surface area contributed by atoms with Crippen molar-refractivity contribution in [2.75, 3.05) is 29.5 Å². The van der Waals surface area contributed by atoms with E-state index in [-0.39, 0.29) is 17.5 Å². The van der Waals surface area contributed by atoms with Gasteiger partial charge in [-0.3, -0.25) is 4.40 Å². The Morgan fingerprint density at radius 1 is 1.32 bits per heavy atom. The van der Waals surface area contributed by atoms with Crippen molar-refractivity contribution in [3.8, 4) is 0 Å². The van der Waals surface area contributed by atoms with Crippen molar-refractivity contribution < 1.29 is 8.42 Å². The van der Waals surface area contributed by atoms with Crippen LogP contribution in [-0.4, -0.2) is 42.4 Å². The first-order chi connectivity index (χ1) is 10.3. The number of hydrogen-bond acceptors (Lipinski definition) is 5. The molecule has 120 valence electrons. The van der Waals surface area contributed by atoms with Crippen LogP contribution in [0, 0.1) is 0 Å². The van der Waals surface area contributed by atoms with E-state index in [1.54, 1.807) is 16.8 Å². The number of anilines is 1. The summed E-state index contributed by atoms with van der Waals surface area (Å²) in [6, 6.07) is 1.53. The summed E-state index contributed by atoms with van der Waals surface area (Å²) in [5, 5.41) is 0.787. The molecule has 0 spiro atoms.